The van der Waals surface area contributed by atoms with E-state index in [2.05, 4.69) is 10.2 Å². The van der Waals surface area contributed by atoms with Gasteiger partial charge < -0.3 is 0 Å². The summed E-state index contributed by atoms with van der Waals surface area (Å²) in [5.74, 6) is 0. The molecule has 0 saturated heterocycles. The SMILES string of the molecule is [Si]c1ccc(Cl)cc1Cl. The second-order valence-electron chi connectivity index (χ2n) is 1.62. The van der Waals surface area contributed by atoms with Crippen molar-refractivity contribution in [3.05, 3.63) is 28.2 Å². The van der Waals surface area contributed by atoms with Crippen molar-refractivity contribution in [1.29, 1.82) is 0 Å². The summed E-state index contributed by atoms with van der Waals surface area (Å²) >= 11 is 11.3. The second kappa shape index (κ2) is 2.73. The topological polar surface area (TPSA) is 0 Å². The zero-order chi connectivity index (χ0) is 6.85. The number of halogens is 2. The summed E-state index contributed by atoms with van der Waals surface area (Å²) in [5, 5.41) is 2.15. The molecule has 0 nitrogen and oxygen atoms in total. The lowest BCUT2D eigenvalue weighted by molar-refractivity contribution is 1.76. The van der Waals surface area contributed by atoms with Crippen LogP contribution in [0.15, 0.2) is 18.2 Å². The van der Waals surface area contributed by atoms with E-state index in [0.717, 1.165) is 5.19 Å². The Morgan fingerprint density at radius 1 is 1.22 bits per heavy atom. The summed E-state index contributed by atoms with van der Waals surface area (Å²) in [4.78, 5) is 0. The number of hydrogen-bond acceptors (Lipinski definition) is 0. The summed E-state index contributed by atoms with van der Waals surface area (Å²) in [6.45, 7) is 0. The van der Waals surface area contributed by atoms with Crippen LogP contribution in [0, 0.1) is 0 Å². The maximum atomic E-state index is 5.68. The van der Waals surface area contributed by atoms with Crippen LogP contribution in [-0.4, -0.2) is 10.2 Å². The minimum absolute atomic E-state index is 0.638. The summed E-state index contributed by atoms with van der Waals surface area (Å²) in [6.07, 6.45) is 0. The van der Waals surface area contributed by atoms with Gasteiger partial charge in [-0.05, 0) is 17.3 Å². The Morgan fingerprint density at radius 2 is 1.89 bits per heavy atom. The van der Waals surface area contributed by atoms with E-state index in [1.807, 2.05) is 6.07 Å². The molecule has 0 heterocycles. The Labute approximate surface area is 67.2 Å². The van der Waals surface area contributed by atoms with Crippen molar-refractivity contribution >= 4 is 38.6 Å². The lowest BCUT2D eigenvalue weighted by Crippen LogP contribution is -2.01. The van der Waals surface area contributed by atoms with Crippen molar-refractivity contribution in [2.75, 3.05) is 0 Å². The molecular formula is C6H3Cl2Si. The summed E-state index contributed by atoms with van der Waals surface area (Å²) < 4.78 is 0. The zero-order valence-corrected chi connectivity index (χ0v) is 7.00. The fraction of sp³-hybridized carbons (Fsp3) is 0. The lowest BCUT2D eigenvalue weighted by atomic mass is 10.4. The number of benzene rings is 1. The fourth-order valence-electron chi connectivity index (χ4n) is 0.489. The van der Waals surface area contributed by atoms with E-state index in [9.17, 15) is 0 Å². The smallest absolute Gasteiger partial charge is 0.0732 e. The van der Waals surface area contributed by atoms with Crippen LogP contribution in [-0.2, 0) is 0 Å². The van der Waals surface area contributed by atoms with Gasteiger partial charge in [0.1, 0.15) is 0 Å². The third-order valence-corrected chi connectivity index (χ3v) is 2.07. The lowest BCUT2D eigenvalue weighted by Gasteiger charge is -1.94. The highest BCUT2D eigenvalue weighted by Crippen LogP contribution is 2.11. The first kappa shape index (κ1) is 7.13. The average Bonchev–Trinajstić information content (AvgIpc) is 1.80. The van der Waals surface area contributed by atoms with E-state index < -0.39 is 0 Å². The van der Waals surface area contributed by atoms with Crippen LogP contribution in [0.3, 0.4) is 0 Å². The Balaban J connectivity index is 3.17. The Bertz CT molecular complexity index is 222. The summed E-state index contributed by atoms with van der Waals surface area (Å²) in [6, 6.07) is 5.27. The van der Waals surface area contributed by atoms with Gasteiger partial charge in [0.05, 0.1) is 10.2 Å². The van der Waals surface area contributed by atoms with Crippen LogP contribution in [0.2, 0.25) is 10.0 Å². The van der Waals surface area contributed by atoms with Crippen molar-refractivity contribution < 1.29 is 0 Å². The first-order valence-corrected chi connectivity index (χ1v) is 3.62. The van der Waals surface area contributed by atoms with Crippen LogP contribution < -0.4 is 5.19 Å². The van der Waals surface area contributed by atoms with E-state index in [1.54, 1.807) is 12.1 Å². The van der Waals surface area contributed by atoms with E-state index in [-0.39, 0.29) is 0 Å². The molecule has 0 aliphatic heterocycles. The minimum atomic E-state index is 0.638. The maximum Gasteiger partial charge on any atom is 0.0732 e. The molecule has 0 N–H and O–H groups in total. The number of hydrogen-bond donors (Lipinski definition) is 0. The molecular weight excluding hydrogens is 171 g/mol. The van der Waals surface area contributed by atoms with Gasteiger partial charge in [0.2, 0.25) is 0 Å². The first-order chi connectivity index (χ1) is 4.20. The van der Waals surface area contributed by atoms with Gasteiger partial charge in [-0.15, -0.1) is 0 Å². The van der Waals surface area contributed by atoms with Gasteiger partial charge in [0.15, 0.2) is 0 Å². The Morgan fingerprint density at radius 3 is 2.33 bits per heavy atom. The van der Waals surface area contributed by atoms with Crippen molar-refractivity contribution in [3.63, 3.8) is 0 Å². The molecule has 3 radical (unpaired) electrons. The molecule has 0 aromatic heterocycles. The largest absolute Gasteiger partial charge is 0.0845 e. The molecule has 1 aromatic rings. The van der Waals surface area contributed by atoms with Crippen molar-refractivity contribution in [1.82, 2.24) is 0 Å². The molecule has 0 amide bonds. The van der Waals surface area contributed by atoms with Gasteiger partial charge in [0.25, 0.3) is 0 Å². The van der Waals surface area contributed by atoms with Crippen LogP contribution in [0.1, 0.15) is 0 Å². The molecule has 0 aliphatic carbocycles. The normalized spacial score (nSPS) is 9.67. The third kappa shape index (κ3) is 1.71. The number of rotatable bonds is 0. The van der Waals surface area contributed by atoms with E-state index in [0.29, 0.717) is 10.0 Å². The van der Waals surface area contributed by atoms with Crippen molar-refractivity contribution in [3.8, 4) is 0 Å². The van der Waals surface area contributed by atoms with Gasteiger partial charge in [-0.25, -0.2) is 0 Å². The van der Waals surface area contributed by atoms with Crippen molar-refractivity contribution in [2.45, 2.75) is 0 Å². The van der Waals surface area contributed by atoms with Crippen molar-refractivity contribution in [2.24, 2.45) is 0 Å². The molecule has 3 heteroatoms. The van der Waals surface area contributed by atoms with Crippen LogP contribution in [0.25, 0.3) is 0 Å². The monoisotopic (exact) mass is 173 g/mol. The molecule has 0 atom stereocenters. The fourth-order valence-corrected chi connectivity index (χ4v) is 1.05. The average molecular weight is 174 g/mol. The van der Waals surface area contributed by atoms with Crippen LogP contribution in [0.5, 0.6) is 0 Å². The predicted octanol–water partition coefficient (Wildman–Crippen LogP) is 1.79. The standard InChI is InChI=1S/C6H3Cl2Si/c7-4-1-2-6(9)5(8)3-4/h1-3H. The third-order valence-electron chi connectivity index (χ3n) is 0.931. The van der Waals surface area contributed by atoms with Gasteiger partial charge in [-0.2, -0.15) is 0 Å². The van der Waals surface area contributed by atoms with Gasteiger partial charge in [-0.3, -0.25) is 0 Å². The minimum Gasteiger partial charge on any atom is -0.0845 e. The van der Waals surface area contributed by atoms with E-state index in [4.69, 9.17) is 23.2 Å². The molecule has 0 bridgehead atoms. The molecule has 1 aromatic carbocycles. The molecule has 0 aliphatic rings. The van der Waals surface area contributed by atoms with Crippen LogP contribution >= 0.6 is 23.2 Å². The Hall–Kier alpha value is 0.0169. The molecule has 45 valence electrons. The maximum absolute atomic E-state index is 5.68. The highest BCUT2D eigenvalue weighted by molar-refractivity contribution is 6.45. The quantitative estimate of drug-likeness (QED) is 0.526. The Kier molecular flexibility index (Phi) is 2.16. The highest BCUT2D eigenvalue weighted by Gasteiger charge is 1.92. The molecule has 0 fully saturated rings. The van der Waals surface area contributed by atoms with Gasteiger partial charge >= 0.3 is 0 Å². The van der Waals surface area contributed by atoms with E-state index in [1.165, 1.54) is 0 Å². The second-order valence-corrected chi connectivity index (χ2v) is 3.01. The first-order valence-electron chi connectivity index (χ1n) is 2.37. The molecule has 1 rings (SSSR count). The molecule has 0 saturated carbocycles. The highest BCUT2D eigenvalue weighted by atomic mass is 35.5. The van der Waals surface area contributed by atoms with Gasteiger partial charge in [0, 0.05) is 10.0 Å². The summed E-state index contributed by atoms with van der Waals surface area (Å²) in [7, 11) is 3.29. The molecule has 0 unspecified atom stereocenters. The zero-order valence-electron chi connectivity index (χ0n) is 4.49. The van der Waals surface area contributed by atoms with E-state index >= 15 is 0 Å². The predicted molar refractivity (Wildman–Crippen MR) is 41.9 cm³/mol. The van der Waals surface area contributed by atoms with Gasteiger partial charge in [-0.1, -0.05) is 29.3 Å². The molecule has 0 spiro atoms. The summed E-state index contributed by atoms with van der Waals surface area (Å²) in [5.41, 5.74) is 0. The van der Waals surface area contributed by atoms with Crippen LogP contribution in [0.4, 0.5) is 0 Å². The molecule has 9 heavy (non-hydrogen) atoms.